The summed E-state index contributed by atoms with van der Waals surface area (Å²) in [5.74, 6) is 0.702. The number of carbonyl (C=O) groups excluding carboxylic acids is 1. The fourth-order valence-corrected chi connectivity index (χ4v) is 2.81. The molecule has 1 saturated carbocycles. The number of halogens is 1. The highest BCUT2D eigenvalue weighted by Crippen LogP contribution is 2.26. The van der Waals surface area contributed by atoms with E-state index in [1.807, 2.05) is 4.90 Å². The van der Waals surface area contributed by atoms with Gasteiger partial charge in [0.2, 0.25) is 5.91 Å². The molecular weight excluding hydrogens is 252 g/mol. The van der Waals surface area contributed by atoms with Gasteiger partial charge in [-0.1, -0.05) is 19.8 Å². The van der Waals surface area contributed by atoms with Gasteiger partial charge in [0, 0.05) is 19.1 Å². The summed E-state index contributed by atoms with van der Waals surface area (Å²) in [6, 6.07) is 0.160. The molecule has 1 aliphatic carbocycles. The molecule has 3 atom stereocenters. The molecule has 1 aliphatic heterocycles. The largest absolute Gasteiger partial charge is 0.368 e. The zero-order valence-electron chi connectivity index (χ0n) is 11.1. The second-order valence-electron chi connectivity index (χ2n) is 5.50. The molecule has 0 bridgehead atoms. The highest BCUT2D eigenvalue weighted by atomic mass is 35.5. The molecule has 1 heterocycles. The number of rotatable bonds is 3. The Hall–Kier alpha value is -0.320. The van der Waals surface area contributed by atoms with Crippen LogP contribution in [0.3, 0.4) is 0 Å². The van der Waals surface area contributed by atoms with Gasteiger partial charge in [0.05, 0.1) is 6.10 Å². The van der Waals surface area contributed by atoms with Gasteiger partial charge in [-0.25, -0.2) is 0 Å². The molecule has 0 aromatic carbocycles. The van der Waals surface area contributed by atoms with Crippen LogP contribution in [0.2, 0.25) is 0 Å². The summed E-state index contributed by atoms with van der Waals surface area (Å²) in [5, 5.41) is 0. The fraction of sp³-hybridized carbons (Fsp3) is 0.923. The second kappa shape index (κ2) is 7.31. The molecule has 0 aromatic rings. The molecule has 4 nitrogen and oxygen atoms in total. The first-order chi connectivity index (χ1) is 8.16. The molecular formula is C13H25ClN2O2. The number of carbonyl (C=O) groups is 1. The lowest BCUT2D eigenvalue weighted by atomic mass is 9.88. The maximum absolute atomic E-state index is 11.9. The van der Waals surface area contributed by atoms with Crippen molar-refractivity contribution in [1.82, 2.24) is 4.90 Å². The Balaban J connectivity index is 0.00000162. The summed E-state index contributed by atoms with van der Waals surface area (Å²) in [4.78, 5) is 13.7. The van der Waals surface area contributed by atoms with Gasteiger partial charge in [-0.3, -0.25) is 4.79 Å². The smallest absolute Gasteiger partial charge is 0.248 e. The third-order valence-corrected chi connectivity index (χ3v) is 4.03. The molecule has 0 radical (unpaired) electrons. The van der Waals surface area contributed by atoms with Gasteiger partial charge in [-0.15, -0.1) is 12.4 Å². The van der Waals surface area contributed by atoms with Gasteiger partial charge >= 0.3 is 0 Å². The predicted octanol–water partition coefficient (Wildman–Crippen LogP) is 1.56. The van der Waals surface area contributed by atoms with E-state index in [9.17, 15) is 4.79 Å². The van der Waals surface area contributed by atoms with Crippen LogP contribution in [0.15, 0.2) is 0 Å². The maximum Gasteiger partial charge on any atom is 0.248 e. The SMILES string of the molecule is CC1CCCCC1OCC(=O)N1CC[C@H](N)C1.Cl. The lowest BCUT2D eigenvalue weighted by Crippen LogP contribution is -2.36. The molecule has 0 spiro atoms. The minimum absolute atomic E-state index is 0. The van der Waals surface area contributed by atoms with E-state index in [2.05, 4.69) is 6.92 Å². The average Bonchev–Trinajstić information content (AvgIpc) is 2.74. The van der Waals surface area contributed by atoms with Gasteiger partial charge in [0.25, 0.3) is 0 Å². The lowest BCUT2D eigenvalue weighted by molar-refractivity contribution is -0.139. The van der Waals surface area contributed by atoms with Gasteiger partial charge < -0.3 is 15.4 Å². The van der Waals surface area contributed by atoms with Crippen LogP contribution in [0.1, 0.15) is 39.0 Å². The van der Waals surface area contributed by atoms with Crippen LogP contribution < -0.4 is 5.73 Å². The molecule has 0 aromatic heterocycles. The van der Waals surface area contributed by atoms with Crippen LogP contribution in [-0.4, -0.2) is 42.6 Å². The van der Waals surface area contributed by atoms with E-state index in [4.69, 9.17) is 10.5 Å². The summed E-state index contributed by atoms with van der Waals surface area (Å²) in [5.41, 5.74) is 5.79. The van der Waals surface area contributed by atoms with Crippen LogP contribution in [0, 0.1) is 5.92 Å². The Morgan fingerprint density at radius 1 is 1.33 bits per heavy atom. The fourth-order valence-electron chi connectivity index (χ4n) is 2.81. The molecule has 2 fully saturated rings. The van der Waals surface area contributed by atoms with Crippen molar-refractivity contribution in [3.63, 3.8) is 0 Å². The third-order valence-electron chi connectivity index (χ3n) is 4.03. The van der Waals surface area contributed by atoms with Crippen LogP contribution in [-0.2, 0) is 9.53 Å². The van der Waals surface area contributed by atoms with E-state index >= 15 is 0 Å². The van der Waals surface area contributed by atoms with Crippen molar-refractivity contribution in [1.29, 1.82) is 0 Å². The summed E-state index contributed by atoms with van der Waals surface area (Å²) < 4.78 is 5.77. The number of nitrogens with zero attached hydrogens (tertiary/aromatic N) is 1. The molecule has 1 amide bonds. The molecule has 2 aliphatic rings. The topological polar surface area (TPSA) is 55.6 Å². The zero-order valence-corrected chi connectivity index (χ0v) is 12.0. The van der Waals surface area contributed by atoms with Crippen molar-refractivity contribution in [2.75, 3.05) is 19.7 Å². The molecule has 106 valence electrons. The molecule has 5 heteroatoms. The van der Waals surface area contributed by atoms with E-state index in [1.54, 1.807) is 0 Å². The third kappa shape index (κ3) is 4.11. The molecule has 2 rings (SSSR count). The number of hydrogen-bond acceptors (Lipinski definition) is 3. The van der Waals surface area contributed by atoms with Crippen LogP contribution >= 0.6 is 12.4 Å². The number of amides is 1. The van der Waals surface area contributed by atoms with Crippen molar-refractivity contribution >= 4 is 18.3 Å². The van der Waals surface area contributed by atoms with Gasteiger partial charge in [0.1, 0.15) is 6.61 Å². The van der Waals surface area contributed by atoms with Gasteiger partial charge in [-0.05, 0) is 25.2 Å². The summed E-state index contributed by atoms with van der Waals surface area (Å²) >= 11 is 0. The van der Waals surface area contributed by atoms with E-state index in [0.717, 1.165) is 19.4 Å². The minimum Gasteiger partial charge on any atom is -0.368 e. The first-order valence-electron chi connectivity index (χ1n) is 6.82. The van der Waals surface area contributed by atoms with Crippen molar-refractivity contribution in [2.45, 2.75) is 51.2 Å². The minimum atomic E-state index is 0. The summed E-state index contributed by atoms with van der Waals surface area (Å²) in [7, 11) is 0. The Bertz CT molecular complexity index is 276. The van der Waals surface area contributed by atoms with Crippen molar-refractivity contribution in [2.24, 2.45) is 11.7 Å². The first-order valence-corrected chi connectivity index (χ1v) is 6.82. The van der Waals surface area contributed by atoms with E-state index in [1.165, 1.54) is 19.3 Å². The Labute approximate surface area is 116 Å². The number of ether oxygens (including phenoxy) is 1. The summed E-state index contributed by atoms with van der Waals surface area (Å²) in [6.45, 7) is 3.95. The highest BCUT2D eigenvalue weighted by molar-refractivity contribution is 5.85. The maximum atomic E-state index is 11.9. The predicted molar refractivity (Wildman–Crippen MR) is 73.8 cm³/mol. The number of likely N-dealkylation sites (tertiary alicyclic amines) is 1. The van der Waals surface area contributed by atoms with Crippen molar-refractivity contribution in [3.05, 3.63) is 0 Å². The Morgan fingerprint density at radius 3 is 2.67 bits per heavy atom. The molecule has 1 saturated heterocycles. The van der Waals surface area contributed by atoms with Crippen LogP contribution in [0.25, 0.3) is 0 Å². The standard InChI is InChI=1S/C13H24N2O2.ClH/c1-10-4-2-3-5-12(10)17-9-13(16)15-7-6-11(14)8-15;/h10-12H,2-9,14H2,1H3;1H/t10?,11-,12?;/m0./s1. The summed E-state index contributed by atoms with van der Waals surface area (Å²) in [6.07, 6.45) is 6.07. The monoisotopic (exact) mass is 276 g/mol. The van der Waals surface area contributed by atoms with Crippen molar-refractivity contribution in [3.8, 4) is 0 Å². The average molecular weight is 277 g/mol. The van der Waals surface area contributed by atoms with Crippen LogP contribution in [0.5, 0.6) is 0 Å². The van der Waals surface area contributed by atoms with Gasteiger partial charge in [0.15, 0.2) is 0 Å². The second-order valence-corrected chi connectivity index (χ2v) is 5.50. The van der Waals surface area contributed by atoms with Crippen LogP contribution in [0.4, 0.5) is 0 Å². The molecule has 2 N–H and O–H groups in total. The highest BCUT2D eigenvalue weighted by Gasteiger charge is 2.26. The van der Waals surface area contributed by atoms with E-state index in [0.29, 0.717) is 12.5 Å². The van der Waals surface area contributed by atoms with Crippen molar-refractivity contribution < 1.29 is 9.53 Å². The van der Waals surface area contributed by atoms with E-state index in [-0.39, 0.29) is 37.1 Å². The number of nitrogens with two attached hydrogens (primary N) is 1. The Morgan fingerprint density at radius 2 is 2.06 bits per heavy atom. The zero-order chi connectivity index (χ0) is 12.3. The molecule has 18 heavy (non-hydrogen) atoms. The number of hydrogen-bond donors (Lipinski definition) is 1. The van der Waals surface area contributed by atoms with Gasteiger partial charge in [-0.2, -0.15) is 0 Å². The normalized spacial score (nSPS) is 32.1. The Kier molecular flexibility index (Phi) is 6.39. The van der Waals surface area contributed by atoms with E-state index < -0.39 is 0 Å². The lowest BCUT2D eigenvalue weighted by Gasteiger charge is -2.29. The first kappa shape index (κ1) is 15.7. The quantitative estimate of drug-likeness (QED) is 0.851. The molecule has 2 unspecified atom stereocenters.